The van der Waals surface area contributed by atoms with Crippen LogP contribution >= 0.6 is 0 Å². The Bertz CT molecular complexity index is 1030. The third-order valence-corrected chi connectivity index (χ3v) is 8.18. The number of nitrogens with one attached hydrogen (secondary N) is 1. The van der Waals surface area contributed by atoms with Gasteiger partial charge in [-0.15, -0.1) is 0 Å². The van der Waals surface area contributed by atoms with Crippen molar-refractivity contribution in [3.05, 3.63) is 46.8 Å². The SMILES string of the molecule is CCOC(=O)N1CCC(CN2CCC3(CC2)CN(C(=O)NC(C(C)=O)=C(C)N)Cc2ccccc23)CC1. The summed E-state index contributed by atoms with van der Waals surface area (Å²) < 4.78 is 5.15. The molecular formula is C28H41N5O4. The molecule has 0 saturated carbocycles. The first kappa shape index (κ1) is 27.0. The number of likely N-dealkylation sites (tertiary alicyclic amines) is 2. The molecule has 0 aromatic heterocycles. The maximum Gasteiger partial charge on any atom is 0.409 e. The van der Waals surface area contributed by atoms with E-state index in [1.165, 1.54) is 18.1 Å². The van der Waals surface area contributed by atoms with E-state index in [-0.39, 0.29) is 29.0 Å². The van der Waals surface area contributed by atoms with E-state index in [0.717, 1.165) is 58.4 Å². The molecule has 0 bridgehead atoms. The summed E-state index contributed by atoms with van der Waals surface area (Å²) in [6.07, 6.45) is 3.76. The summed E-state index contributed by atoms with van der Waals surface area (Å²) in [6.45, 7) is 10.9. The number of allylic oxidation sites excluding steroid dienone is 2. The van der Waals surface area contributed by atoms with Crippen LogP contribution in [0, 0.1) is 5.92 Å². The molecule has 3 amide bonds. The highest BCUT2D eigenvalue weighted by Crippen LogP contribution is 2.42. The Labute approximate surface area is 220 Å². The summed E-state index contributed by atoms with van der Waals surface area (Å²) in [5, 5.41) is 2.77. The Kier molecular flexibility index (Phi) is 8.42. The summed E-state index contributed by atoms with van der Waals surface area (Å²) in [5.41, 5.74) is 8.74. The van der Waals surface area contributed by atoms with E-state index >= 15 is 0 Å². The minimum atomic E-state index is -0.278. The Morgan fingerprint density at radius 3 is 2.35 bits per heavy atom. The summed E-state index contributed by atoms with van der Waals surface area (Å²) in [6, 6.07) is 8.16. The first-order valence-corrected chi connectivity index (χ1v) is 13.5. The molecule has 1 aromatic carbocycles. The molecule has 37 heavy (non-hydrogen) atoms. The first-order valence-electron chi connectivity index (χ1n) is 13.5. The lowest BCUT2D eigenvalue weighted by molar-refractivity contribution is -0.114. The van der Waals surface area contributed by atoms with Crippen molar-refractivity contribution in [2.24, 2.45) is 11.7 Å². The molecule has 9 nitrogen and oxygen atoms in total. The second-order valence-corrected chi connectivity index (χ2v) is 10.8. The number of urea groups is 1. The van der Waals surface area contributed by atoms with E-state index in [0.29, 0.717) is 31.3 Å². The van der Waals surface area contributed by atoms with Crippen LogP contribution in [0.2, 0.25) is 0 Å². The van der Waals surface area contributed by atoms with Gasteiger partial charge in [-0.3, -0.25) is 4.79 Å². The third-order valence-electron chi connectivity index (χ3n) is 8.18. The maximum atomic E-state index is 13.2. The summed E-state index contributed by atoms with van der Waals surface area (Å²) >= 11 is 0. The molecule has 3 aliphatic heterocycles. The number of nitrogens with zero attached hydrogens (tertiary/aromatic N) is 3. The minimum absolute atomic E-state index is 0.103. The molecule has 9 heteroatoms. The zero-order valence-corrected chi connectivity index (χ0v) is 22.4. The number of carbonyl (C=O) groups excluding carboxylic acids is 3. The normalized spacial score (nSPS) is 20.7. The van der Waals surface area contributed by atoms with Gasteiger partial charge in [0.25, 0.3) is 0 Å². The van der Waals surface area contributed by atoms with Gasteiger partial charge < -0.3 is 30.5 Å². The first-order chi connectivity index (χ1) is 17.7. The number of fused-ring (bicyclic) bond motifs is 2. The predicted molar refractivity (Wildman–Crippen MR) is 142 cm³/mol. The van der Waals surface area contributed by atoms with Crippen LogP contribution in [0.3, 0.4) is 0 Å². The van der Waals surface area contributed by atoms with E-state index in [1.54, 1.807) is 6.92 Å². The maximum absolute atomic E-state index is 13.2. The van der Waals surface area contributed by atoms with Crippen LogP contribution in [0.5, 0.6) is 0 Å². The molecule has 0 radical (unpaired) electrons. The van der Waals surface area contributed by atoms with Gasteiger partial charge in [0.2, 0.25) is 0 Å². The number of nitrogens with two attached hydrogens (primary N) is 1. The highest BCUT2D eigenvalue weighted by molar-refractivity contribution is 5.97. The van der Waals surface area contributed by atoms with Crippen molar-refractivity contribution in [2.45, 2.75) is 58.4 Å². The van der Waals surface area contributed by atoms with Crippen molar-refractivity contribution >= 4 is 17.9 Å². The lowest BCUT2D eigenvalue weighted by Gasteiger charge is -2.49. The van der Waals surface area contributed by atoms with Crippen LogP contribution < -0.4 is 11.1 Å². The van der Waals surface area contributed by atoms with Gasteiger partial charge in [-0.25, -0.2) is 9.59 Å². The van der Waals surface area contributed by atoms with Crippen molar-refractivity contribution in [1.29, 1.82) is 0 Å². The fourth-order valence-corrected chi connectivity index (χ4v) is 6.15. The number of amides is 3. The molecule has 202 valence electrons. The number of rotatable bonds is 5. The van der Waals surface area contributed by atoms with Gasteiger partial charge >= 0.3 is 12.1 Å². The van der Waals surface area contributed by atoms with E-state index < -0.39 is 0 Å². The van der Waals surface area contributed by atoms with Gasteiger partial charge in [-0.05, 0) is 69.7 Å². The van der Waals surface area contributed by atoms with Crippen LogP contribution in [0.25, 0.3) is 0 Å². The van der Waals surface area contributed by atoms with E-state index in [2.05, 4.69) is 28.4 Å². The van der Waals surface area contributed by atoms with Gasteiger partial charge in [0.05, 0.1) is 6.61 Å². The molecule has 2 saturated heterocycles. The second-order valence-electron chi connectivity index (χ2n) is 10.8. The standard InChI is InChI=1S/C28H41N5O4/c1-4-37-27(36)32-13-9-22(10-14-32)17-31-15-11-28(12-16-31)19-33(18-23-7-5-6-8-24(23)28)26(35)30-25(20(2)29)21(3)34/h5-8,22H,4,9-19,29H2,1-3H3,(H,30,35). The van der Waals surface area contributed by atoms with Crippen molar-refractivity contribution in [2.75, 3.05) is 45.9 Å². The number of ether oxygens (including phenoxy) is 1. The highest BCUT2D eigenvalue weighted by Gasteiger charge is 2.43. The molecule has 0 aliphatic carbocycles. The number of ketones is 1. The van der Waals surface area contributed by atoms with Crippen molar-refractivity contribution in [3.63, 3.8) is 0 Å². The molecule has 0 atom stereocenters. The smallest absolute Gasteiger partial charge is 0.409 e. The predicted octanol–water partition coefficient (Wildman–Crippen LogP) is 3.19. The number of piperidine rings is 2. The second kappa shape index (κ2) is 11.5. The zero-order valence-electron chi connectivity index (χ0n) is 22.4. The van der Waals surface area contributed by atoms with Gasteiger partial charge in [0, 0.05) is 50.8 Å². The Hall–Kier alpha value is -3.07. The third kappa shape index (κ3) is 6.09. The van der Waals surface area contributed by atoms with Crippen molar-refractivity contribution in [3.8, 4) is 0 Å². The average Bonchev–Trinajstić information content (AvgIpc) is 2.88. The van der Waals surface area contributed by atoms with Crippen LogP contribution in [-0.2, 0) is 21.5 Å². The van der Waals surface area contributed by atoms with Crippen LogP contribution in [-0.4, -0.2) is 78.5 Å². The topological polar surface area (TPSA) is 108 Å². The summed E-state index contributed by atoms with van der Waals surface area (Å²) in [7, 11) is 0. The largest absolute Gasteiger partial charge is 0.450 e. The van der Waals surface area contributed by atoms with Gasteiger partial charge in [0.1, 0.15) is 5.70 Å². The fraction of sp³-hybridized carbons (Fsp3) is 0.607. The van der Waals surface area contributed by atoms with Gasteiger partial charge in [0.15, 0.2) is 5.78 Å². The molecule has 3 heterocycles. The van der Waals surface area contributed by atoms with E-state index in [9.17, 15) is 14.4 Å². The van der Waals surface area contributed by atoms with Gasteiger partial charge in [-0.2, -0.15) is 0 Å². The number of Topliss-reactive ketones (excluding diaryl/α,β-unsaturated/α-hetero) is 1. The number of benzene rings is 1. The Balaban J connectivity index is 1.39. The monoisotopic (exact) mass is 511 g/mol. The fourth-order valence-electron chi connectivity index (χ4n) is 6.15. The summed E-state index contributed by atoms with van der Waals surface area (Å²) in [4.78, 5) is 43.4. The van der Waals surface area contributed by atoms with Crippen molar-refractivity contribution in [1.82, 2.24) is 20.0 Å². The number of carbonyl (C=O) groups is 3. The lowest BCUT2D eigenvalue weighted by Crippen LogP contribution is -2.55. The lowest BCUT2D eigenvalue weighted by atomic mass is 9.68. The molecule has 1 spiro atoms. The number of hydrogen-bond acceptors (Lipinski definition) is 6. The average molecular weight is 512 g/mol. The highest BCUT2D eigenvalue weighted by atomic mass is 16.6. The zero-order chi connectivity index (χ0) is 26.6. The molecule has 1 aromatic rings. The van der Waals surface area contributed by atoms with Crippen LogP contribution in [0.15, 0.2) is 35.7 Å². The molecule has 3 aliphatic rings. The molecule has 0 unspecified atom stereocenters. The summed E-state index contributed by atoms with van der Waals surface area (Å²) in [5.74, 6) is 0.332. The Morgan fingerprint density at radius 1 is 1.05 bits per heavy atom. The molecular weight excluding hydrogens is 470 g/mol. The van der Waals surface area contributed by atoms with Gasteiger partial charge in [-0.1, -0.05) is 24.3 Å². The minimum Gasteiger partial charge on any atom is -0.450 e. The van der Waals surface area contributed by atoms with Crippen LogP contribution in [0.1, 0.15) is 57.6 Å². The van der Waals surface area contributed by atoms with E-state index in [4.69, 9.17) is 10.5 Å². The Morgan fingerprint density at radius 2 is 1.73 bits per heavy atom. The van der Waals surface area contributed by atoms with Crippen molar-refractivity contribution < 1.29 is 19.1 Å². The molecule has 4 rings (SSSR count). The molecule has 3 N–H and O–H groups in total. The van der Waals surface area contributed by atoms with Crippen LogP contribution in [0.4, 0.5) is 9.59 Å². The molecule has 2 fully saturated rings. The quantitative estimate of drug-likeness (QED) is 0.588. The van der Waals surface area contributed by atoms with E-state index in [1.807, 2.05) is 22.8 Å². The number of hydrogen-bond donors (Lipinski definition) is 2.